The van der Waals surface area contributed by atoms with Crippen LogP contribution in [0.15, 0.2) is 42.5 Å². The van der Waals surface area contributed by atoms with Crippen molar-refractivity contribution < 1.29 is 24.1 Å². The van der Waals surface area contributed by atoms with Gasteiger partial charge in [-0.15, -0.1) is 0 Å². The predicted octanol–water partition coefficient (Wildman–Crippen LogP) is 3.31. The van der Waals surface area contributed by atoms with Crippen LogP contribution in [0, 0.1) is 0 Å². The van der Waals surface area contributed by atoms with Crippen molar-refractivity contribution in [3.63, 3.8) is 0 Å². The minimum Gasteiger partial charge on any atom is -0.508 e. The minimum absolute atomic E-state index is 0.118. The topological polar surface area (TPSA) is 65.0 Å². The number of rotatable bonds is 6. The molecule has 120 valence electrons. The van der Waals surface area contributed by atoms with E-state index in [-0.39, 0.29) is 11.5 Å². The van der Waals surface area contributed by atoms with E-state index in [0.29, 0.717) is 28.4 Å². The molecule has 0 unspecified atom stereocenters. The summed E-state index contributed by atoms with van der Waals surface area (Å²) in [6, 6.07) is 9.59. The molecule has 0 aromatic heterocycles. The summed E-state index contributed by atoms with van der Waals surface area (Å²) in [5.41, 5.74) is 1.18. The number of aromatic hydroxyl groups is 1. The van der Waals surface area contributed by atoms with Gasteiger partial charge in [-0.2, -0.15) is 0 Å². The third-order valence-corrected chi connectivity index (χ3v) is 3.30. The number of benzene rings is 2. The zero-order chi connectivity index (χ0) is 16.8. The first-order valence-corrected chi connectivity index (χ1v) is 6.91. The average molecular weight is 314 g/mol. The van der Waals surface area contributed by atoms with Gasteiger partial charge in [-0.1, -0.05) is 0 Å². The van der Waals surface area contributed by atoms with Crippen LogP contribution >= 0.6 is 0 Å². The fourth-order valence-corrected chi connectivity index (χ4v) is 2.14. The van der Waals surface area contributed by atoms with Crippen LogP contribution in [0.5, 0.6) is 23.0 Å². The second-order valence-corrected chi connectivity index (χ2v) is 4.67. The zero-order valence-electron chi connectivity index (χ0n) is 13.2. The maximum Gasteiger partial charge on any atom is 0.203 e. The summed E-state index contributed by atoms with van der Waals surface area (Å²) in [5.74, 6) is 1.44. The van der Waals surface area contributed by atoms with Crippen molar-refractivity contribution in [3.8, 4) is 23.0 Å². The minimum atomic E-state index is -0.179. The van der Waals surface area contributed by atoms with Gasteiger partial charge in [0.2, 0.25) is 5.75 Å². The summed E-state index contributed by atoms with van der Waals surface area (Å²) in [6.07, 6.45) is 3.09. The van der Waals surface area contributed by atoms with Gasteiger partial charge < -0.3 is 19.3 Å². The molecule has 23 heavy (non-hydrogen) atoms. The van der Waals surface area contributed by atoms with E-state index in [0.717, 1.165) is 0 Å². The van der Waals surface area contributed by atoms with Crippen LogP contribution in [0.4, 0.5) is 0 Å². The first-order valence-electron chi connectivity index (χ1n) is 6.91. The van der Waals surface area contributed by atoms with Crippen molar-refractivity contribution >= 4 is 11.9 Å². The molecule has 2 aromatic rings. The van der Waals surface area contributed by atoms with Gasteiger partial charge in [-0.05, 0) is 48.6 Å². The number of ketones is 1. The molecule has 0 heterocycles. The summed E-state index contributed by atoms with van der Waals surface area (Å²) >= 11 is 0. The molecule has 0 saturated carbocycles. The molecule has 5 heteroatoms. The maximum absolute atomic E-state index is 12.1. The molecular formula is C18H18O5. The molecule has 2 rings (SSSR count). The summed E-state index contributed by atoms with van der Waals surface area (Å²) < 4.78 is 15.9. The van der Waals surface area contributed by atoms with Crippen LogP contribution < -0.4 is 14.2 Å². The Bertz CT molecular complexity index is 717. The molecular weight excluding hydrogens is 296 g/mol. The van der Waals surface area contributed by atoms with Gasteiger partial charge in [0.1, 0.15) is 5.75 Å². The first-order chi connectivity index (χ1) is 11.1. The van der Waals surface area contributed by atoms with Crippen molar-refractivity contribution in [3.05, 3.63) is 53.6 Å². The number of methoxy groups -OCH3 is 3. The third-order valence-electron chi connectivity index (χ3n) is 3.30. The molecule has 0 saturated heterocycles. The Morgan fingerprint density at radius 3 is 2.13 bits per heavy atom. The van der Waals surface area contributed by atoms with E-state index in [1.807, 2.05) is 0 Å². The molecule has 2 aromatic carbocycles. The van der Waals surface area contributed by atoms with Gasteiger partial charge in [0.25, 0.3) is 0 Å². The molecule has 5 nitrogen and oxygen atoms in total. The Morgan fingerprint density at radius 2 is 1.57 bits per heavy atom. The van der Waals surface area contributed by atoms with E-state index in [4.69, 9.17) is 14.2 Å². The summed E-state index contributed by atoms with van der Waals surface area (Å²) in [6.45, 7) is 0. The number of hydrogen-bond acceptors (Lipinski definition) is 5. The second kappa shape index (κ2) is 7.35. The lowest BCUT2D eigenvalue weighted by Gasteiger charge is -2.13. The smallest absolute Gasteiger partial charge is 0.203 e. The van der Waals surface area contributed by atoms with E-state index in [2.05, 4.69) is 0 Å². The van der Waals surface area contributed by atoms with Crippen LogP contribution in [0.1, 0.15) is 15.9 Å². The SMILES string of the molecule is COc1ccc(C=CC(=O)c2ccc(O)cc2)c(OC)c1OC. The van der Waals surface area contributed by atoms with Gasteiger partial charge in [0, 0.05) is 11.1 Å². The van der Waals surface area contributed by atoms with Gasteiger partial charge in [-0.25, -0.2) is 0 Å². The summed E-state index contributed by atoms with van der Waals surface area (Å²) in [4.78, 5) is 12.1. The Kier molecular flexibility index (Phi) is 5.25. The molecule has 0 aliphatic rings. The molecule has 0 spiro atoms. The number of hydrogen-bond donors (Lipinski definition) is 1. The van der Waals surface area contributed by atoms with Crippen molar-refractivity contribution in [2.24, 2.45) is 0 Å². The molecule has 0 atom stereocenters. The van der Waals surface area contributed by atoms with Crippen LogP contribution in [0.2, 0.25) is 0 Å². The van der Waals surface area contributed by atoms with Gasteiger partial charge in [-0.3, -0.25) is 4.79 Å². The average Bonchev–Trinajstić information content (AvgIpc) is 2.59. The number of carbonyl (C=O) groups is 1. The predicted molar refractivity (Wildman–Crippen MR) is 87.6 cm³/mol. The van der Waals surface area contributed by atoms with Crippen LogP contribution in [-0.4, -0.2) is 32.2 Å². The molecule has 0 radical (unpaired) electrons. The van der Waals surface area contributed by atoms with Crippen molar-refractivity contribution in [2.45, 2.75) is 0 Å². The molecule has 0 bridgehead atoms. The van der Waals surface area contributed by atoms with Crippen LogP contribution in [0.25, 0.3) is 6.08 Å². The summed E-state index contributed by atoms with van der Waals surface area (Å²) in [7, 11) is 4.59. The van der Waals surface area contributed by atoms with Gasteiger partial charge in [0.15, 0.2) is 17.3 Å². The number of carbonyl (C=O) groups excluding carboxylic acids is 1. The molecule has 1 N–H and O–H groups in total. The Hall–Kier alpha value is -2.95. The third kappa shape index (κ3) is 3.63. The highest BCUT2D eigenvalue weighted by Crippen LogP contribution is 2.40. The van der Waals surface area contributed by atoms with Crippen molar-refractivity contribution in [2.75, 3.05) is 21.3 Å². The lowest BCUT2D eigenvalue weighted by molar-refractivity contribution is 0.104. The van der Waals surface area contributed by atoms with Crippen molar-refractivity contribution in [1.29, 1.82) is 0 Å². The lowest BCUT2D eigenvalue weighted by Crippen LogP contribution is -1.97. The standard InChI is InChI=1S/C18H18O5/c1-21-16-11-7-13(17(22-2)18(16)23-3)6-10-15(20)12-4-8-14(19)9-5-12/h4-11,19H,1-3H3. The molecule has 0 aliphatic carbocycles. The maximum atomic E-state index is 12.1. The number of allylic oxidation sites excluding steroid dienone is 1. The quantitative estimate of drug-likeness (QED) is 0.654. The fraction of sp³-hybridized carbons (Fsp3) is 0.167. The van der Waals surface area contributed by atoms with Gasteiger partial charge >= 0.3 is 0 Å². The number of ether oxygens (including phenoxy) is 3. The lowest BCUT2D eigenvalue weighted by atomic mass is 10.1. The highest BCUT2D eigenvalue weighted by molar-refractivity contribution is 6.07. The van der Waals surface area contributed by atoms with E-state index < -0.39 is 0 Å². The number of phenols is 1. The van der Waals surface area contributed by atoms with Crippen LogP contribution in [0.3, 0.4) is 0 Å². The van der Waals surface area contributed by atoms with Gasteiger partial charge in [0.05, 0.1) is 21.3 Å². The summed E-state index contributed by atoms with van der Waals surface area (Å²) in [5, 5.41) is 9.25. The van der Waals surface area contributed by atoms with E-state index in [9.17, 15) is 9.90 Å². The monoisotopic (exact) mass is 314 g/mol. The molecule has 0 aliphatic heterocycles. The Balaban J connectivity index is 2.32. The zero-order valence-corrected chi connectivity index (χ0v) is 13.2. The first kappa shape index (κ1) is 16.4. The highest BCUT2D eigenvalue weighted by Gasteiger charge is 2.14. The second-order valence-electron chi connectivity index (χ2n) is 4.67. The fourth-order valence-electron chi connectivity index (χ4n) is 2.14. The highest BCUT2D eigenvalue weighted by atomic mass is 16.5. The molecule has 0 amide bonds. The molecule has 0 fully saturated rings. The van der Waals surface area contributed by atoms with Crippen LogP contribution in [-0.2, 0) is 0 Å². The Labute approximate surface area is 134 Å². The largest absolute Gasteiger partial charge is 0.508 e. The number of phenolic OH excluding ortho intramolecular Hbond substituents is 1. The van der Waals surface area contributed by atoms with E-state index >= 15 is 0 Å². The van der Waals surface area contributed by atoms with E-state index in [1.165, 1.54) is 32.4 Å². The normalized spacial score (nSPS) is 10.6. The Morgan fingerprint density at radius 1 is 0.913 bits per heavy atom. The van der Waals surface area contributed by atoms with Crippen molar-refractivity contribution in [1.82, 2.24) is 0 Å². The van der Waals surface area contributed by atoms with E-state index in [1.54, 1.807) is 37.5 Å².